The van der Waals surface area contributed by atoms with E-state index in [0.29, 0.717) is 24.4 Å². The van der Waals surface area contributed by atoms with E-state index in [-0.39, 0.29) is 0 Å². The lowest BCUT2D eigenvalue weighted by atomic mass is 10.2. The minimum absolute atomic E-state index is 0.484. The zero-order valence-corrected chi connectivity index (χ0v) is 8.54. The highest BCUT2D eigenvalue weighted by Gasteiger charge is 2.07. The maximum Gasteiger partial charge on any atom is 0.157 e. The summed E-state index contributed by atoms with van der Waals surface area (Å²) in [6, 6.07) is 9.18. The molecule has 0 amide bonds. The van der Waals surface area contributed by atoms with Gasteiger partial charge in [0.25, 0.3) is 0 Å². The smallest absolute Gasteiger partial charge is 0.157 e. The Kier molecular flexibility index (Phi) is 2.89. The largest absolute Gasteiger partial charge is 0.330 e. The molecule has 2 aromatic rings. The molecule has 0 aliphatic carbocycles. The molecule has 0 saturated heterocycles. The van der Waals surface area contributed by atoms with Crippen molar-refractivity contribution in [2.24, 2.45) is 5.73 Å². The molecule has 0 radical (unpaired) electrons. The third-order valence-electron chi connectivity index (χ3n) is 2.12. The number of hydrogen-bond donors (Lipinski definition) is 1. The van der Waals surface area contributed by atoms with Crippen LogP contribution in [0.2, 0.25) is 0 Å². The molecule has 0 bridgehead atoms. The van der Waals surface area contributed by atoms with Crippen molar-refractivity contribution in [2.75, 3.05) is 6.54 Å². The van der Waals surface area contributed by atoms with E-state index in [9.17, 15) is 0 Å². The molecular formula is C10H10N6. The van der Waals surface area contributed by atoms with Crippen LogP contribution in [0.1, 0.15) is 11.4 Å². The van der Waals surface area contributed by atoms with Gasteiger partial charge in [-0.2, -0.15) is 9.94 Å². The highest BCUT2D eigenvalue weighted by molar-refractivity contribution is 5.40. The van der Waals surface area contributed by atoms with Crippen molar-refractivity contribution in [2.45, 2.75) is 6.42 Å². The molecule has 0 unspecified atom stereocenters. The molecule has 0 aliphatic rings. The molecule has 2 N–H and O–H groups in total. The number of benzene rings is 1. The van der Waals surface area contributed by atoms with Crippen molar-refractivity contribution in [3.8, 4) is 11.8 Å². The Morgan fingerprint density at radius 3 is 3.06 bits per heavy atom. The van der Waals surface area contributed by atoms with Gasteiger partial charge in [-0.1, -0.05) is 6.07 Å². The molecule has 16 heavy (non-hydrogen) atoms. The number of tetrazole rings is 1. The minimum atomic E-state index is 0.484. The first kappa shape index (κ1) is 10.3. The van der Waals surface area contributed by atoms with Gasteiger partial charge in [-0.15, -0.1) is 5.10 Å². The fraction of sp³-hybridized carbons (Fsp3) is 0.200. The number of rotatable bonds is 3. The molecule has 1 heterocycles. The second-order valence-corrected chi connectivity index (χ2v) is 3.21. The summed E-state index contributed by atoms with van der Waals surface area (Å²) < 4.78 is 1.59. The normalized spacial score (nSPS) is 10.0. The van der Waals surface area contributed by atoms with Gasteiger partial charge in [0.1, 0.15) is 0 Å². The third kappa shape index (κ3) is 1.89. The van der Waals surface area contributed by atoms with Crippen molar-refractivity contribution in [3.05, 3.63) is 35.7 Å². The second-order valence-electron chi connectivity index (χ2n) is 3.21. The Balaban J connectivity index is 2.42. The Morgan fingerprint density at radius 2 is 2.31 bits per heavy atom. The summed E-state index contributed by atoms with van der Waals surface area (Å²) >= 11 is 0. The standard InChI is InChI=1S/C10H10N6/c11-5-4-10-13-14-15-16(10)9-3-1-2-8(6-9)7-12/h1-3,6H,4-5,11H2. The number of hydrogen-bond acceptors (Lipinski definition) is 5. The van der Waals surface area contributed by atoms with Crippen LogP contribution in [0.15, 0.2) is 24.3 Å². The SMILES string of the molecule is N#Cc1cccc(-n2nnnc2CCN)c1. The van der Waals surface area contributed by atoms with Gasteiger partial charge in [-0.3, -0.25) is 0 Å². The van der Waals surface area contributed by atoms with Crippen LogP contribution in [-0.2, 0) is 6.42 Å². The van der Waals surface area contributed by atoms with Gasteiger partial charge in [-0.25, -0.2) is 0 Å². The molecule has 80 valence electrons. The Hall–Kier alpha value is -2.26. The highest BCUT2D eigenvalue weighted by atomic mass is 15.5. The molecule has 0 saturated carbocycles. The van der Waals surface area contributed by atoms with Gasteiger partial charge in [0.2, 0.25) is 0 Å². The maximum atomic E-state index is 8.80. The number of aromatic nitrogens is 4. The van der Waals surface area contributed by atoms with Gasteiger partial charge >= 0.3 is 0 Å². The maximum absolute atomic E-state index is 8.80. The molecule has 0 atom stereocenters. The van der Waals surface area contributed by atoms with Crippen LogP contribution in [-0.4, -0.2) is 26.8 Å². The lowest BCUT2D eigenvalue weighted by Gasteiger charge is -2.03. The van der Waals surface area contributed by atoms with Crippen molar-refractivity contribution in [3.63, 3.8) is 0 Å². The predicted octanol–water partition coefficient (Wildman–Crippen LogP) is 0.0352. The second kappa shape index (κ2) is 4.51. The van der Waals surface area contributed by atoms with Gasteiger partial charge in [-0.05, 0) is 35.2 Å². The van der Waals surface area contributed by atoms with E-state index in [4.69, 9.17) is 11.0 Å². The summed E-state index contributed by atoms with van der Waals surface area (Å²) in [7, 11) is 0. The van der Waals surface area contributed by atoms with Crippen LogP contribution in [0.3, 0.4) is 0 Å². The number of nitriles is 1. The summed E-state index contributed by atoms with van der Waals surface area (Å²) in [6.07, 6.45) is 0.601. The summed E-state index contributed by atoms with van der Waals surface area (Å²) in [4.78, 5) is 0. The monoisotopic (exact) mass is 214 g/mol. The quantitative estimate of drug-likeness (QED) is 0.778. The lowest BCUT2D eigenvalue weighted by molar-refractivity contribution is 0.755. The van der Waals surface area contributed by atoms with Crippen LogP contribution >= 0.6 is 0 Å². The number of nitrogens with two attached hydrogens (primary N) is 1. The average molecular weight is 214 g/mol. The van der Waals surface area contributed by atoms with Crippen molar-refractivity contribution < 1.29 is 0 Å². The molecule has 1 aromatic heterocycles. The predicted molar refractivity (Wildman–Crippen MR) is 56.6 cm³/mol. The summed E-state index contributed by atoms with van der Waals surface area (Å²) in [5, 5.41) is 20.1. The Bertz CT molecular complexity index is 524. The first-order chi connectivity index (χ1) is 7.85. The van der Waals surface area contributed by atoms with E-state index in [1.54, 1.807) is 22.9 Å². The van der Waals surface area contributed by atoms with Crippen LogP contribution in [0.25, 0.3) is 5.69 Å². The van der Waals surface area contributed by atoms with E-state index in [1.165, 1.54) is 0 Å². The minimum Gasteiger partial charge on any atom is -0.330 e. The van der Waals surface area contributed by atoms with E-state index in [1.807, 2.05) is 6.07 Å². The van der Waals surface area contributed by atoms with Gasteiger partial charge in [0.15, 0.2) is 5.82 Å². The van der Waals surface area contributed by atoms with E-state index in [2.05, 4.69) is 21.6 Å². The topological polar surface area (TPSA) is 93.4 Å². The molecular weight excluding hydrogens is 204 g/mol. The zero-order valence-electron chi connectivity index (χ0n) is 8.54. The molecule has 6 heteroatoms. The van der Waals surface area contributed by atoms with E-state index in [0.717, 1.165) is 5.69 Å². The fourth-order valence-electron chi connectivity index (χ4n) is 1.40. The average Bonchev–Trinajstić information content (AvgIpc) is 2.78. The first-order valence-corrected chi connectivity index (χ1v) is 4.83. The van der Waals surface area contributed by atoms with Gasteiger partial charge in [0.05, 0.1) is 17.3 Å². The highest BCUT2D eigenvalue weighted by Crippen LogP contribution is 2.10. The Labute approximate surface area is 92.3 Å². The molecule has 0 spiro atoms. The van der Waals surface area contributed by atoms with Crippen LogP contribution < -0.4 is 5.73 Å². The van der Waals surface area contributed by atoms with Gasteiger partial charge < -0.3 is 5.73 Å². The molecule has 6 nitrogen and oxygen atoms in total. The van der Waals surface area contributed by atoms with Crippen LogP contribution in [0.5, 0.6) is 0 Å². The molecule has 0 aliphatic heterocycles. The van der Waals surface area contributed by atoms with Crippen LogP contribution in [0.4, 0.5) is 0 Å². The molecule has 2 rings (SSSR count). The van der Waals surface area contributed by atoms with Crippen LogP contribution in [0, 0.1) is 11.3 Å². The van der Waals surface area contributed by atoms with Gasteiger partial charge in [0, 0.05) is 6.42 Å². The fourth-order valence-corrected chi connectivity index (χ4v) is 1.40. The summed E-state index contributed by atoms with van der Waals surface area (Å²) in [5.74, 6) is 0.692. The first-order valence-electron chi connectivity index (χ1n) is 4.83. The Morgan fingerprint density at radius 1 is 1.44 bits per heavy atom. The lowest BCUT2D eigenvalue weighted by Crippen LogP contribution is -2.09. The molecule has 1 aromatic carbocycles. The third-order valence-corrected chi connectivity index (χ3v) is 2.12. The van der Waals surface area contributed by atoms with Crippen molar-refractivity contribution in [1.29, 1.82) is 5.26 Å². The van der Waals surface area contributed by atoms with Crippen molar-refractivity contribution >= 4 is 0 Å². The van der Waals surface area contributed by atoms with Crippen molar-refractivity contribution in [1.82, 2.24) is 20.2 Å². The summed E-state index contributed by atoms with van der Waals surface area (Å²) in [5.41, 5.74) is 6.81. The molecule has 0 fully saturated rings. The number of nitrogens with zero attached hydrogens (tertiary/aromatic N) is 5. The zero-order chi connectivity index (χ0) is 11.4. The summed E-state index contributed by atoms with van der Waals surface area (Å²) in [6.45, 7) is 0.484. The van der Waals surface area contributed by atoms with E-state index < -0.39 is 0 Å². The van der Waals surface area contributed by atoms with E-state index >= 15 is 0 Å².